The van der Waals surface area contributed by atoms with Crippen molar-refractivity contribution in [2.75, 3.05) is 0 Å². The molecule has 0 saturated carbocycles. The van der Waals surface area contributed by atoms with Crippen LogP contribution in [0.3, 0.4) is 0 Å². The van der Waals surface area contributed by atoms with E-state index in [0.717, 1.165) is 10.6 Å². The second kappa shape index (κ2) is 3.83. The molecule has 0 spiro atoms. The van der Waals surface area contributed by atoms with Crippen LogP contribution < -0.4 is 5.32 Å². The van der Waals surface area contributed by atoms with Crippen LogP contribution in [-0.2, 0) is 0 Å². The summed E-state index contributed by atoms with van der Waals surface area (Å²) in [7, 11) is 0. The molecule has 4 heteroatoms. The van der Waals surface area contributed by atoms with Crippen LogP contribution in [0.1, 0.15) is 18.5 Å². The van der Waals surface area contributed by atoms with Gasteiger partial charge in [0.1, 0.15) is 0 Å². The van der Waals surface area contributed by atoms with Crippen molar-refractivity contribution in [1.29, 1.82) is 0 Å². The number of nitrogens with one attached hydrogen (secondary N) is 1. The third kappa shape index (κ3) is 1.88. The van der Waals surface area contributed by atoms with Gasteiger partial charge in [0.15, 0.2) is 0 Å². The van der Waals surface area contributed by atoms with E-state index in [1.54, 1.807) is 0 Å². The highest BCUT2D eigenvalue weighted by Crippen LogP contribution is 2.33. The standard InChI is InChI=1S/C10H10ClNOS/c1-6-9(12-10(13)14-6)7-2-4-8(11)5-3-7/h2-6,9H,1H3,(H,12,13)/t6-,9+/m0/s1. The van der Waals surface area contributed by atoms with E-state index >= 15 is 0 Å². The van der Waals surface area contributed by atoms with E-state index < -0.39 is 0 Å². The minimum atomic E-state index is 0.0532. The Labute approximate surface area is 92.0 Å². The monoisotopic (exact) mass is 227 g/mol. The van der Waals surface area contributed by atoms with Crippen LogP contribution >= 0.6 is 23.4 Å². The molecule has 1 aromatic rings. The molecular weight excluding hydrogens is 218 g/mol. The molecule has 1 aliphatic heterocycles. The summed E-state index contributed by atoms with van der Waals surface area (Å²) in [6.45, 7) is 2.04. The average Bonchev–Trinajstić information content (AvgIpc) is 2.47. The van der Waals surface area contributed by atoms with Crippen LogP contribution in [0, 0.1) is 0 Å². The molecule has 1 aliphatic rings. The van der Waals surface area contributed by atoms with Crippen LogP contribution in [0.5, 0.6) is 0 Å². The highest BCUT2D eigenvalue weighted by molar-refractivity contribution is 8.14. The molecular formula is C10H10ClNOS. The third-order valence-electron chi connectivity index (χ3n) is 2.26. The number of amides is 1. The lowest BCUT2D eigenvalue weighted by Gasteiger charge is -2.13. The SMILES string of the molecule is C[C@@H]1SC(=O)N[C@H]1c1ccc(Cl)cc1. The van der Waals surface area contributed by atoms with E-state index in [4.69, 9.17) is 11.6 Å². The van der Waals surface area contributed by atoms with Gasteiger partial charge in [-0.2, -0.15) is 0 Å². The van der Waals surface area contributed by atoms with Crippen LogP contribution in [0.4, 0.5) is 4.79 Å². The molecule has 2 atom stereocenters. The second-order valence-corrected chi connectivity index (χ2v) is 5.07. The summed E-state index contributed by atoms with van der Waals surface area (Å²) in [6, 6.07) is 7.72. The quantitative estimate of drug-likeness (QED) is 0.798. The van der Waals surface area contributed by atoms with Gasteiger partial charge in [-0.05, 0) is 17.7 Å². The Kier molecular flexibility index (Phi) is 2.70. The summed E-state index contributed by atoms with van der Waals surface area (Å²) in [5.41, 5.74) is 1.11. The number of carbonyl (C=O) groups is 1. The first-order valence-electron chi connectivity index (χ1n) is 4.39. The van der Waals surface area contributed by atoms with Gasteiger partial charge in [0.25, 0.3) is 5.24 Å². The van der Waals surface area contributed by atoms with Crippen LogP contribution in [0.25, 0.3) is 0 Å². The van der Waals surface area contributed by atoms with Crippen LogP contribution in [0.15, 0.2) is 24.3 Å². The summed E-state index contributed by atoms with van der Waals surface area (Å²) in [6.07, 6.45) is 0. The molecule has 1 aromatic carbocycles. The van der Waals surface area contributed by atoms with Gasteiger partial charge in [0, 0.05) is 10.3 Å². The Bertz CT molecular complexity index is 352. The first-order valence-corrected chi connectivity index (χ1v) is 5.65. The van der Waals surface area contributed by atoms with E-state index in [1.807, 2.05) is 31.2 Å². The zero-order chi connectivity index (χ0) is 10.1. The Balaban J connectivity index is 2.23. The summed E-state index contributed by atoms with van der Waals surface area (Å²) in [5.74, 6) is 0. The highest BCUT2D eigenvalue weighted by atomic mass is 35.5. The van der Waals surface area contributed by atoms with Gasteiger partial charge in [-0.1, -0.05) is 42.4 Å². The van der Waals surface area contributed by atoms with Gasteiger partial charge in [-0.25, -0.2) is 0 Å². The topological polar surface area (TPSA) is 29.1 Å². The first kappa shape index (κ1) is 9.87. The van der Waals surface area contributed by atoms with Crippen molar-refractivity contribution in [3.05, 3.63) is 34.9 Å². The molecule has 2 nitrogen and oxygen atoms in total. The minimum Gasteiger partial charge on any atom is -0.339 e. The average molecular weight is 228 g/mol. The van der Waals surface area contributed by atoms with E-state index in [1.165, 1.54) is 11.8 Å². The number of carbonyl (C=O) groups excluding carboxylic acids is 1. The van der Waals surface area contributed by atoms with Crippen molar-refractivity contribution in [2.24, 2.45) is 0 Å². The molecule has 0 unspecified atom stereocenters. The molecule has 1 amide bonds. The van der Waals surface area contributed by atoms with Gasteiger partial charge in [0.05, 0.1) is 6.04 Å². The van der Waals surface area contributed by atoms with Crippen molar-refractivity contribution in [3.8, 4) is 0 Å². The lowest BCUT2D eigenvalue weighted by Crippen LogP contribution is -2.20. The van der Waals surface area contributed by atoms with E-state index in [9.17, 15) is 4.79 Å². The van der Waals surface area contributed by atoms with Crippen molar-refractivity contribution in [3.63, 3.8) is 0 Å². The second-order valence-electron chi connectivity index (χ2n) is 3.28. The van der Waals surface area contributed by atoms with Crippen LogP contribution in [0.2, 0.25) is 5.02 Å². The molecule has 1 saturated heterocycles. The van der Waals surface area contributed by atoms with E-state index in [0.29, 0.717) is 0 Å². The highest BCUT2D eigenvalue weighted by Gasteiger charge is 2.30. The number of hydrogen-bond donors (Lipinski definition) is 1. The predicted octanol–water partition coefficient (Wildman–Crippen LogP) is 3.23. The van der Waals surface area contributed by atoms with E-state index in [-0.39, 0.29) is 16.5 Å². The lowest BCUT2D eigenvalue weighted by atomic mass is 10.1. The molecule has 0 aromatic heterocycles. The van der Waals surface area contributed by atoms with Crippen molar-refractivity contribution in [2.45, 2.75) is 18.2 Å². The summed E-state index contributed by atoms with van der Waals surface area (Å²) >= 11 is 7.14. The first-order chi connectivity index (χ1) is 6.66. The minimum absolute atomic E-state index is 0.0532. The van der Waals surface area contributed by atoms with Gasteiger partial charge in [-0.15, -0.1) is 0 Å². The molecule has 0 radical (unpaired) electrons. The summed E-state index contributed by atoms with van der Waals surface area (Å²) < 4.78 is 0. The van der Waals surface area contributed by atoms with Gasteiger partial charge >= 0.3 is 0 Å². The Morgan fingerprint density at radius 1 is 1.36 bits per heavy atom. The summed E-state index contributed by atoms with van der Waals surface area (Å²) in [4.78, 5) is 11.1. The zero-order valence-corrected chi connectivity index (χ0v) is 9.23. The molecule has 0 bridgehead atoms. The maximum absolute atomic E-state index is 11.1. The van der Waals surface area contributed by atoms with Crippen molar-refractivity contribution >= 4 is 28.6 Å². The summed E-state index contributed by atoms with van der Waals surface area (Å²) in [5, 5.41) is 3.98. The van der Waals surface area contributed by atoms with Crippen LogP contribution in [-0.4, -0.2) is 10.5 Å². The largest absolute Gasteiger partial charge is 0.339 e. The molecule has 1 N–H and O–H groups in total. The predicted molar refractivity (Wildman–Crippen MR) is 59.8 cm³/mol. The third-order valence-corrected chi connectivity index (χ3v) is 3.49. The molecule has 2 rings (SSSR count). The molecule has 1 heterocycles. The zero-order valence-electron chi connectivity index (χ0n) is 7.66. The number of rotatable bonds is 1. The number of benzene rings is 1. The van der Waals surface area contributed by atoms with Gasteiger partial charge < -0.3 is 5.32 Å². The van der Waals surface area contributed by atoms with Crippen molar-refractivity contribution < 1.29 is 4.79 Å². The fourth-order valence-electron chi connectivity index (χ4n) is 1.54. The normalized spacial score (nSPS) is 26.3. The smallest absolute Gasteiger partial charge is 0.279 e. The molecule has 74 valence electrons. The molecule has 0 aliphatic carbocycles. The Morgan fingerprint density at radius 3 is 2.50 bits per heavy atom. The number of halogens is 1. The fraction of sp³-hybridized carbons (Fsp3) is 0.300. The maximum Gasteiger partial charge on any atom is 0.279 e. The maximum atomic E-state index is 11.1. The van der Waals surface area contributed by atoms with E-state index in [2.05, 4.69) is 5.32 Å². The van der Waals surface area contributed by atoms with Crippen molar-refractivity contribution in [1.82, 2.24) is 5.32 Å². The van der Waals surface area contributed by atoms with Gasteiger partial charge in [-0.3, -0.25) is 4.79 Å². The lowest BCUT2D eigenvalue weighted by molar-refractivity contribution is 0.260. The molecule has 1 fully saturated rings. The Hall–Kier alpha value is -0.670. The Morgan fingerprint density at radius 2 is 2.00 bits per heavy atom. The molecule has 14 heavy (non-hydrogen) atoms. The van der Waals surface area contributed by atoms with Gasteiger partial charge in [0.2, 0.25) is 0 Å². The number of hydrogen-bond acceptors (Lipinski definition) is 2. The fourth-order valence-corrected chi connectivity index (χ4v) is 2.56. The number of thioether (sulfide) groups is 1.